The minimum Gasteiger partial charge on any atom is -0.471 e. The van der Waals surface area contributed by atoms with E-state index in [1.54, 1.807) is 0 Å². The highest BCUT2D eigenvalue weighted by Gasteiger charge is 2.06. The van der Waals surface area contributed by atoms with Crippen LogP contribution in [-0.2, 0) is 6.61 Å². The predicted molar refractivity (Wildman–Crippen MR) is 72.7 cm³/mol. The number of benzene rings is 2. The highest BCUT2D eigenvalue weighted by atomic mass is 16.5. The SMILES string of the molecule is c1ccc(COc2coc(-c3ccccc3)n2)cc1. The average molecular weight is 251 g/mol. The van der Waals surface area contributed by atoms with Crippen LogP contribution in [0.25, 0.3) is 11.5 Å². The molecular weight excluding hydrogens is 238 g/mol. The van der Waals surface area contributed by atoms with Crippen molar-refractivity contribution in [1.82, 2.24) is 4.98 Å². The van der Waals surface area contributed by atoms with Gasteiger partial charge in [-0.05, 0) is 17.7 Å². The highest BCUT2D eigenvalue weighted by Crippen LogP contribution is 2.21. The number of rotatable bonds is 4. The van der Waals surface area contributed by atoms with Crippen LogP contribution < -0.4 is 4.74 Å². The lowest BCUT2D eigenvalue weighted by atomic mass is 10.2. The molecule has 0 unspecified atom stereocenters. The lowest BCUT2D eigenvalue weighted by molar-refractivity contribution is 0.293. The van der Waals surface area contributed by atoms with Crippen molar-refractivity contribution >= 4 is 0 Å². The summed E-state index contributed by atoms with van der Waals surface area (Å²) >= 11 is 0. The van der Waals surface area contributed by atoms with Gasteiger partial charge >= 0.3 is 0 Å². The van der Waals surface area contributed by atoms with Crippen molar-refractivity contribution in [1.29, 1.82) is 0 Å². The molecule has 3 nitrogen and oxygen atoms in total. The van der Waals surface area contributed by atoms with E-state index in [-0.39, 0.29) is 0 Å². The van der Waals surface area contributed by atoms with Gasteiger partial charge in [0.15, 0.2) is 6.26 Å². The van der Waals surface area contributed by atoms with Gasteiger partial charge in [0, 0.05) is 5.56 Å². The molecule has 0 radical (unpaired) electrons. The van der Waals surface area contributed by atoms with Crippen molar-refractivity contribution < 1.29 is 9.15 Å². The van der Waals surface area contributed by atoms with Gasteiger partial charge in [-0.15, -0.1) is 0 Å². The number of nitrogens with zero attached hydrogens (tertiary/aromatic N) is 1. The Hall–Kier alpha value is -2.55. The summed E-state index contributed by atoms with van der Waals surface area (Å²) in [5, 5.41) is 0. The molecule has 0 fully saturated rings. The Morgan fingerprint density at radius 2 is 1.58 bits per heavy atom. The van der Waals surface area contributed by atoms with E-state index in [1.807, 2.05) is 60.7 Å². The zero-order valence-corrected chi connectivity index (χ0v) is 10.3. The number of hydrogen-bond donors (Lipinski definition) is 0. The summed E-state index contributed by atoms with van der Waals surface area (Å²) in [5.41, 5.74) is 2.05. The maximum absolute atomic E-state index is 5.59. The fraction of sp³-hybridized carbons (Fsp3) is 0.0625. The molecule has 0 aliphatic heterocycles. The van der Waals surface area contributed by atoms with Gasteiger partial charge in [-0.2, -0.15) is 4.98 Å². The third kappa shape index (κ3) is 2.83. The largest absolute Gasteiger partial charge is 0.471 e. The van der Waals surface area contributed by atoms with Crippen LogP contribution in [-0.4, -0.2) is 4.98 Å². The maximum atomic E-state index is 5.59. The van der Waals surface area contributed by atoms with Crippen molar-refractivity contribution in [3.05, 3.63) is 72.5 Å². The van der Waals surface area contributed by atoms with Gasteiger partial charge in [-0.1, -0.05) is 48.5 Å². The van der Waals surface area contributed by atoms with Crippen LogP contribution in [0.1, 0.15) is 5.56 Å². The van der Waals surface area contributed by atoms with Crippen LogP contribution in [0.3, 0.4) is 0 Å². The van der Waals surface area contributed by atoms with Gasteiger partial charge in [0.2, 0.25) is 5.89 Å². The van der Waals surface area contributed by atoms with E-state index in [0.29, 0.717) is 18.4 Å². The highest BCUT2D eigenvalue weighted by molar-refractivity contribution is 5.53. The van der Waals surface area contributed by atoms with E-state index in [0.717, 1.165) is 11.1 Å². The maximum Gasteiger partial charge on any atom is 0.253 e. The number of aromatic nitrogens is 1. The second kappa shape index (κ2) is 5.40. The zero-order valence-electron chi connectivity index (χ0n) is 10.3. The molecule has 3 heteroatoms. The second-order valence-electron chi connectivity index (χ2n) is 4.13. The Morgan fingerprint density at radius 1 is 0.895 bits per heavy atom. The second-order valence-corrected chi connectivity index (χ2v) is 4.13. The fourth-order valence-corrected chi connectivity index (χ4v) is 1.77. The molecule has 3 aromatic rings. The van der Waals surface area contributed by atoms with E-state index >= 15 is 0 Å². The first kappa shape index (κ1) is 11.5. The Morgan fingerprint density at radius 3 is 2.32 bits per heavy atom. The Labute approximate surface area is 111 Å². The molecule has 0 bridgehead atoms. The summed E-state index contributed by atoms with van der Waals surface area (Å²) in [6.07, 6.45) is 1.53. The number of ether oxygens (including phenoxy) is 1. The number of hydrogen-bond acceptors (Lipinski definition) is 3. The lowest BCUT2D eigenvalue weighted by Gasteiger charge is -2.01. The van der Waals surface area contributed by atoms with Crippen molar-refractivity contribution in [2.45, 2.75) is 6.61 Å². The molecule has 1 aromatic heterocycles. The Kier molecular flexibility index (Phi) is 3.28. The van der Waals surface area contributed by atoms with Gasteiger partial charge in [0.1, 0.15) is 6.61 Å². The van der Waals surface area contributed by atoms with Gasteiger partial charge in [-0.3, -0.25) is 0 Å². The monoisotopic (exact) mass is 251 g/mol. The van der Waals surface area contributed by atoms with Gasteiger partial charge < -0.3 is 9.15 Å². The van der Waals surface area contributed by atoms with Crippen molar-refractivity contribution in [3.8, 4) is 17.3 Å². The quantitative estimate of drug-likeness (QED) is 0.705. The predicted octanol–water partition coefficient (Wildman–Crippen LogP) is 3.92. The summed E-state index contributed by atoms with van der Waals surface area (Å²) < 4.78 is 11.0. The summed E-state index contributed by atoms with van der Waals surface area (Å²) in [4.78, 5) is 4.31. The van der Waals surface area contributed by atoms with Gasteiger partial charge in [0.05, 0.1) is 0 Å². The molecular formula is C16H13NO2. The van der Waals surface area contributed by atoms with Crippen LogP contribution in [0.4, 0.5) is 0 Å². The average Bonchev–Trinajstić information content (AvgIpc) is 2.96. The molecule has 0 aliphatic rings. The van der Waals surface area contributed by atoms with E-state index in [2.05, 4.69) is 4.98 Å². The smallest absolute Gasteiger partial charge is 0.253 e. The summed E-state index contributed by atoms with van der Waals surface area (Å²) in [5.74, 6) is 1.08. The first-order valence-corrected chi connectivity index (χ1v) is 6.09. The third-order valence-electron chi connectivity index (χ3n) is 2.73. The van der Waals surface area contributed by atoms with Crippen molar-refractivity contribution in [3.63, 3.8) is 0 Å². The summed E-state index contributed by atoms with van der Waals surface area (Å²) in [7, 11) is 0. The van der Waals surface area contributed by atoms with Crippen LogP contribution in [0.2, 0.25) is 0 Å². The molecule has 0 saturated carbocycles. The van der Waals surface area contributed by atoms with E-state index < -0.39 is 0 Å². The topological polar surface area (TPSA) is 35.3 Å². The molecule has 1 heterocycles. The van der Waals surface area contributed by atoms with E-state index in [1.165, 1.54) is 6.26 Å². The van der Waals surface area contributed by atoms with E-state index in [4.69, 9.17) is 9.15 Å². The fourth-order valence-electron chi connectivity index (χ4n) is 1.77. The lowest BCUT2D eigenvalue weighted by Crippen LogP contribution is -1.94. The zero-order chi connectivity index (χ0) is 12.9. The van der Waals surface area contributed by atoms with Crippen LogP contribution in [0.5, 0.6) is 5.88 Å². The Bertz CT molecular complexity index is 632. The summed E-state index contributed by atoms with van der Waals surface area (Å²) in [6, 6.07) is 19.7. The van der Waals surface area contributed by atoms with Crippen LogP contribution in [0, 0.1) is 0 Å². The van der Waals surface area contributed by atoms with Gasteiger partial charge in [-0.25, -0.2) is 0 Å². The van der Waals surface area contributed by atoms with Crippen molar-refractivity contribution in [2.24, 2.45) is 0 Å². The standard InChI is InChI=1S/C16H13NO2/c1-3-7-13(8-4-1)11-18-15-12-19-16(17-15)14-9-5-2-6-10-14/h1-10,12H,11H2. The minimum absolute atomic E-state index is 0.488. The molecule has 2 aromatic carbocycles. The minimum atomic E-state index is 0.488. The van der Waals surface area contributed by atoms with Crippen LogP contribution >= 0.6 is 0 Å². The van der Waals surface area contributed by atoms with Crippen molar-refractivity contribution in [2.75, 3.05) is 0 Å². The van der Waals surface area contributed by atoms with E-state index in [9.17, 15) is 0 Å². The molecule has 0 amide bonds. The summed E-state index contributed by atoms with van der Waals surface area (Å²) in [6.45, 7) is 0.488. The van der Waals surface area contributed by atoms with Gasteiger partial charge in [0.25, 0.3) is 5.88 Å². The molecule has 3 rings (SSSR count). The molecule has 0 N–H and O–H groups in total. The first-order valence-electron chi connectivity index (χ1n) is 6.09. The first-order chi connectivity index (χ1) is 9.42. The third-order valence-corrected chi connectivity index (χ3v) is 2.73. The molecule has 0 saturated heterocycles. The normalized spacial score (nSPS) is 10.3. The molecule has 0 spiro atoms. The number of oxazole rings is 1. The molecule has 0 atom stereocenters. The molecule has 19 heavy (non-hydrogen) atoms. The molecule has 94 valence electrons. The molecule has 0 aliphatic carbocycles. The van der Waals surface area contributed by atoms with Crippen LogP contribution in [0.15, 0.2) is 71.3 Å². The Balaban J connectivity index is 1.69.